The topological polar surface area (TPSA) is 26.3 Å². The van der Waals surface area contributed by atoms with E-state index in [1.165, 1.54) is 0 Å². The summed E-state index contributed by atoms with van der Waals surface area (Å²) in [5.41, 5.74) is 0.610. The monoisotopic (exact) mass is 234 g/mol. The van der Waals surface area contributed by atoms with E-state index in [9.17, 15) is 4.79 Å². The lowest BCUT2D eigenvalue weighted by Crippen LogP contribution is -2.31. The van der Waals surface area contributed by atoms with Crippen molar-refractivity contribution in [3.8, 4) is 0 Å². The van der Waals surface area contributed by atoms with Gasteiger partial charge in [0, 0.05) is 0 Å². The lowest BCUT2D eigenvalue weighted by atomic mass is 9.86. The summed E-state index contributed by atoms with van der Waals surface area (Å²) in [7, 11) is 0. The molecule has 0 fully saturated rings. The SMILES string of the molecule is CCC[C@@H](OC(=O)c1ccccc1)C(C)(C)C. The molecule has 1 rings (SSSR count). The Balaban J connectivity index is 2.71. The van der Waals surface area contributed by atoms with Crippen LogP contribution in [-0.2, 0) is 4.74 Å². The van der Waals surface area contributed by atoms with Gasteiger partial charge in [-0.25, -0.2) is 4.79 Å². The van der Waals surface area contributed by atoms with Gasteiger partial charge >= 0.3 is 5.97 Å². The van der Waals surface area contributed by atoms with Gasteiger partial charge in [0.2, 0.25) is 0 Å². The van der Waals surface area contributed by atoms with Crippen LogP contribution in [-0.4, -0.2) is 12.1 Å². The van der Waals surface area contributed by atoms with Crippen LogP contribution in [0.25, 0.3) is 0 Å². The first-order valence-corrected chi connectivity index (χ1v) is 6.21. The summed E-state index contributed by atoms with van der Waals surface area (Å²) in [6.45, 7) is 8.41. The van der Waals surface area contributed by atoms with Crippen molar-refractivity contribution >= 4 is 5.97 Å². The lowest BCUT2D eigenvalue weighted by molar-refractivity contribution is -0.00619. The molecule has 1 aromatic rings. The zero-order valence-electron chi connectivity index (χ0n) is 11.2. The van der Waals surface area contributed by atoms with E-state index in [0.717, 1.165) is 12.8 Å². The Bertz CT molecular complexity index is 349. The second kappa shape index (κ2) is 5.85. The van der Waals surface area contributed by atoms with Gasteiger partial charge in [-0.15, -0.1) is 0 Å². The standard InChI is InChI=1S/C15H22O2/c1-5-9-13(15(2,3)4)17-14(16)12-10-7-6-8-11-12/h6-8,10-11,13H,5,9H2,1-4H3/t13-/m1/s1. The zero-order chi connectivity index (χ0) is 12.9. The maximum atomic E-state index is 12.0. The van der Waals surface area contributed by atoms with Crippen LogP contribution in [0, 0.1) is 5.41 Å². The fraction of sp³-hybridized carbons (Fsp3) is 0.533. The van der Waals surface area contributed by atoms with Crippen molar-refractivity contribution < 1.29 is 9.53 Å². The van der Waals surface area contributed by atoms with Gasteiger partial charge in [0.1, 0.15) is 6.10 Å². The second-order valence-corrected chi connectivity index (χ2v) is 5.41. The molecule has 1 aromatic carbocycles. The first kappa shape index (κ1) is 13.8. The van der Waals surface area contributed by atoms with Crippen LogP contribution >= 0.6 is 0 Å². The Kier molecular flexibility index (Phi) is 4.73. The van der Waals surface area contributed by atoms with Gasteiger partial charge < -0.3 is 4.74 Å². The molecule has 0 aliphatic rings. The summed E-state index contributed by atoms with van der Waals surface area (Å²) in [6, 6.07) is 9.16. The number of ether oxygens (including phenoxy) is 1. The van der Waals surface area contributed by atoms with Gasteiger partial charge in [-0.1, -0.05) is 52.3 Å². The molecule has 2 nitrogen and oxygen atoms in total. The van der Waals surface area contributed by atoms with Gasteiger partial charge in [-0.2, -0.15) is 0 Å². The van der Waals surface area contributed by atoms with Crippen molar-refractivity contribution in [1.82, 2.24) is 0 Å². The number of rotatable bonds is 4. The van der Waals surface area contributed by atoms with Crippen molar-refractivity contribution in [3.63, 3.8) is 0 Å². The minimum Gasteiger partial charge on any atom is -0.458 e. The van der Waals surface area contributed by atoms with Crippen molar-refractivity contribution in [2.24, 2.45) is 5.41 Å². The highest BCUT2D eigenvalue weighted by Gasteiger charge is 2.27. The molecule has 0 aliphatic heterocycles. The third kappa shape index (κ3) is 4.22. The van der Waals surface area contributed by atoms with E-state index in [1.54, 1.807) is 12.1 Å². The average molecular weight is 234 g/mol. The van der Waals surface area contributed by atoms with Crippen LogP contribution in [0.5, 0.6) is 0 Å². The van der Waals surface area contributed by atoms with Crippen molar-refractivity contribution in [3.05, 3.63) is 35.9 Å². The van der Waals surface area contributed by atoms with Crippen molar-refractivity contribution in [1.29, 1.82) is 0 Å². The normalized spacial score (nSPS) is 13.2. The lowest BCUT2D eigenvalue weighted by Gasteiger charge is -2.30. The van der Waals surface area contributed by atoms with E-state index >= 15 is 0 Å². The van der Waals surface area contributed by atoms with E-state index in [1.807, 2.05) is 18.2 Å². The van der Waals surface area contributed by atoms with Gasteiger partial charge in [-0.3, -0.25) is 0 Å². The molecule has 0 radical (unpaired) electrons. The molecule has 0 amide bonds. The van der Waals surface area contributed by atoms with E-state index in [4.69, 9.17) is 4.74 Å². The Hall–Kier alpha value is -1.31. The largest absolute Gasteiger partial charge is 0.458 e. The number of esters is 1. The minimum absolute atomic E-state index is 0.0134. The Morgan fingerprint density at radius 3 is 2.29 bits per heavy atom. The molecule has 0 unspecified atom stereocenters. The van der Waals surface area contributed by atoms with Crippen LogP contribution in [0.1, 0.15) is 50.9 Å². The Morgan fingerprint density at radius 1 is 1.24 bits per heavy atom. The maximum absolute atomic E-state index is 12.0. The van der Waals surface area contributed by atoms with Gasteiger partial charge in [0.15, 0.2) is 0 Å². The van der Waals surface area contributed by atoms with Gasteiger partial charge in [0.05, 0.1) is 5.56 Å². The summed E-state index contributed by atoms with van der Waals surface area (Å²) in [5, 5.41) is 0. The Labute approximate surface area is 104 Å². The van der Waals surface area contributed by atoms with Crippen molar-refractivity contribution in [2.45, 2.75) is 46.6 Å². The van der Waals surface area contributed by atoms with Crippen LogP contribution in [0.3, 0.4) is 0 Å². The number of carbonyl (C=O) groups excluding carboxylic acids is 1. The molecule has 0 bridgehead atoms. The molecule has 0 aromatic heterocycles. The predicted octanol–water partition coefficient (Wildman–Crippen LogP) is 4.06. The molecular weight excluding hydrogens is 212 g/mol. The molecule has 0 spiro atoms. The molecule has 0 N–H and O–H groups in total. The molecule has 0 aliphatic carbocycles. The molecule has 1 atom stereocenters. The van der Waals surface area contributed by atoms with Gasteiger partial charge in [0.25, 0.3) is 0 Å². The second-order valence-electron chi connectivity index (χ2n) is 5.41. The van der Waals surface area contributed by atoms with Crippen LogP contribution in [0.15, 0.2) is 30.3 Å². The first-order chi connectivity index (χ1) is 7.95. The van der Waals surface area contributed by atoms with Crippen LogP contribution < -0.4 is 0 Å². The molecule has 0 heterocycles. The fourth-order valence-electron chi connectivity index (χ4n) is 1.70. The zero-order valence-corrected chi connectivity index (χ0v) is 11.2. The molecule has 0 saturated heterocycles. The van der Waals surface area contributed by atoms with Gasteiger partial charge in [-0.05, 0) is 24.0 Å². The summed E-state index contributed by atoms with van der Waals surface area (Å²) in [5.74, 6) is -0.223. The first-order valence-electron chi connectivity index (χ1n) is 6.21. The number of benzene rings is 1. The third-order valence-electron chi connectivity index (χ3n) is 2.78. The van der Waals surface area contributed by atoms with E-state index in [-0.39, 0.29) is 17.5 Å². The van der Waals surface area contributed by atoms with Crippen LogP contribution in [0.2, 0.25) is 0 Å². The summed E-state index contributed by atoms with van der Waals surface area (Å²) < 4.78 is 5.60. The third-order valence-corrected chi connectivity index (χ3v) is 2.78. The van der Waals surface area contributed by atoms with E-state index in [0.29, 0.717) is 5.56 Å². The van der Waals surface area contributed by atoms with E-state index < -0.39 is 0 Å². The Morgan fingerprint density at radius 2 is 1.82 bits per heavy atom. The molecule has 0 saturated carbocycles. The highest BCUT2D eigenvalue weighted by Crippen LogP contribution is 2.26. The highest BCUT2D eigenvalue weighted by atomic mass is 16.5. The fourth-order valence-corrected chi connectivity index (χ4v) is 1.70. The highest BCUT2D eigenvalue weighted by molar-refractivity contribution is 5.89. The number of hydrogen-bond acceptors (Lipinski definition) is 2. The molecular formula is C15H22O2. The van der Waals surface area contributed by atoms with E-state index in [2.05, 4.69) is 27.7 Å². The molecule has 2 heteroatoms. The van der Waals surface area contributed by atoms with Crippen LogP contribution in [0.4, 0.5) is 0 Å². The maximum Gasteiger partial charge on any atom is 0.338 e. The smallest absolute Gasteiger partial charge is 0.338 e. The summed E-state index contributed by atoms with van der Waals surface area (Å²) in [4.78, 5) is 12.0. The summed E-state index contributed by atoms with van der Waals surface area (Å²) in [6.07, 6.45) is 1.90. The number of carbonyl (C=O) groups is 1. The quantitative estimate of drug-likeness (QED) is 0.734. The summed E-state index contributed by atoms with van der Waals surface area (Å²) >= 11 is 0. The predicted molar refractivity (Wildman–Crippen MR) is 70.0 cm³/mol. The number of hydrogen-bond donors (Lipinski definition) is 0. The van der Waals surface area contributed by atoms with Crippen molar-refractivity contribution in [2.75, 3.05) is 0 Å². The average Bonchev–Trinajstić information content (AvgIpc) is 2.28. The molecule has 94 valence electrons. The minimum atomic E-state index is -0.223. The molecule has 17 heavy (non-hydrogen) atoms.